The molecule has 0 spiro atoms. The first-order valence-corrected chi connectivity index (χ1v) is 7.77. The highest BCUT2D eigenvalue weighted by molar-refractivity contribution is 7.13. The van der Waals surface area contributed by atoms with E-state index in [9.17, 15) is 0 Å². The smallest absolute Gasteiger partial charge is 0.185 e. The summed E-state index contributed by atoms with van der Waals surface area (Å²) in [5.74, 6) is 0. The van der Waals surface area contributed by atoms with Gasteiger partial charge in [-0.25, -0.2) is 4.98 Å². The lowest BCUT2D eigenvalue weighted by Gasteiger charge is -2.34. The van der Waals surface area contributed by atoms with E-state index in [0.29, 0.717) is 6.04 Å². The van der Waals surface area contributed by atoms with Gasteiger partial charge in [0.1, 0.15) is 0 Å². The number of anilines is 1. The van der Waals surface area contributed by atoms with Gasteiger partial charge < -0.3 is 15.0 Å². The van der Waals surface area contributed by atoms with Crippen LogP contribution in [-0.4, -0.2) is 36.8 Å². The average molecular weight is 267 g/mol. The molecular weight excluding hydrogens is 246 g/mol. The fourth-order valence-corrected chi connectivity index (χ4v) is 3.21. The van der Waals surface area contributed by atoms with Crippen LogP contribution in [0.3, 0.4) is 0 Å². The number of aromatic nitrogens is 1. The molecule has 4 nitrogen and oxygen atoms in total. The Hall–Kier alpha value is -0.650. The van der Waals surface area contributed by atoms with Gasteiger partial charge >= 0.3 is 0 Å². The lowest BCUT2D eigenvalue weighted by Crippen LogP contribution is -2.45. The summed E-state index contributed by atoms with van der Waals surface area (Å²) in [6.07, 6.45) is 3.78. The van der Waals surface area contributed by atoms with Crippen molar-refractivity contribution >= 4 is 16.5 Å². The predicted molar refractivity (Wildman–Crippen MR) is 74.2 cm³/mol. The quantitative estimate of drug-likeness (QED) is 0.885. The molecule has 5 heteroatoms. The topological polar surface area (TPSA) is 37.4 Å². The molecule has 1 aromatic heterocycles. The maximum absolute atomic E-state index is 5.54. The summed E-state index contributed by atoms with van der Waals surface area (Å²) >= 11 is 1.77. The molecule has 0 radical (unpaired) electrons. The van der Waals surface area contributed by atoms with Gasteiger partial charge in [0.25, 0.3) is 0 Å². The van der Waals surface area contributed by atoms with Crippen molar-refractivity contribution in [1.82, 2.24) is 10.3 Å². The summed E-state index contributed by atoms with van der Waals surface area (Å²) in [4.78, 5) is 7.17. The van der Waals surface area contributed by atoms with E-state index < -0.39 is 0 Å². The van der Waals surface area contributed by atoms with E-state index in [0.717, 1.165) is 43.9 Å². The maximum atomic E-state index is 5.54. The molecule has 2 fully saturated rings. The van der Waals surface area contributed by atoms with Crippen molar-refractivity contribution in [3.63, 3.8) is 0 Å². The monoisotopic (exact) mass is 267 g/mol. The van der Waals surface area contributed by atoms with Crippen molar-refractivity contribution in [3.8, 4) is 0 Å². The summed E-state index contributed by atoms with van der Waals surface area (Å²) in [5, 5.41) is 6.87. The molecule has 2 heterocycles. The Morgan fingerprint density at radius 2 is 2.44 bits per heavy atom. The molecule has 1 saturated heterocycles. The fraction of sp³-hybridized carbons (Fsp3) is 0.769. The predicted octanol–water partition coefficient (Wildman–Crippen LogP) is 2.01. The second kappa shape index (κ2) is 5.55. The van der Waals surface area contributed by atoms with Crippen LogP contribution in [0.15, 0.2) is 5.38 Å². The molecule has 1 aliphatic carbocycles. The van der Waals surface area contributed by atoms with Crippen LogP contribution in [0.2, 0.25) is 0 Å². The van der Waals surface area contributed by atoms with E-state index in [-0.39, 0.29) is 0 Å². The highest BCUT2D eigenvalue weighted by Gasteiger charge is 2.24. The number of nitrogens with one attached hydrogen (secondary N) is 1. The number of morpholine rings is 1. The highest BCUT2D eigenvalue weighted by Crippen LogP contribution is 2.26. The summed E-state index contributed by atoms with van der Waals surface area (Å²) in [6, 6.07) is 1.25. The SMILES string of the molecule is CCC1COCCN1c1nc(CNC2CC2)cs1. The largest absolute Gasteiger partial charge is 0.377 e. The molecule has 0 aromatic carbocycles. The zero-order valence-corrected chi connectivity index (χ0v) is 11.7. The highest BCUT2D eigenvalue weighted by atomic mass is 32.1. The Morgan fingerprint density at radius 3 is 3.22 bits per heavy atom. The second-order valence-electron chi connectivity index (χ2n) is 5.11. The number of nitrogens with zero attached hydrogens (tertiary/aromatic N) is 2. The Labute approximate surface area is 112 Å². The number of ether oxygens (including phenoxy) is 1. The number of thiazole rings is 1. The van der Waals surface area contributed by atoms with Crippen molar-refractivity contribution in [1.29, 1.82) is 0 Å². The molecule has 1 aromatic rings. The molecule has 3 rings (SSSR count). The van der Waals surface area contributed by atoms with Crippen LogP contribution in [-0.2, 0) is 11.3 Å². The van der Waals surface area contributed by atoms with Crippen LogP contribution in [0.4, 0.5) is 5.13 Å². The third-order valence-corrected chi connectivity index (χ3v) is 4.56. The van der Waals surface area contributed by atoms with Crippen LogP contribution in [0.25, 0.3) is 0 Å². The number of hydrogen-bond donors (Lipinski definition) is 1. The Bertz CT molecular complexity index is 391. The molecule has 0 amide bonds. The van der Waals surface area contributed by atoms with Crippen molar-refractivity contribution in [2.45, 2.75) is 44.8 Å². The fourth-order valence-electron chi connectivity index (χ4n) is 2.29. The van der Waals surface area contributed by atoms with Crippen molar-refractivity contribution < 1.29 is 4.74 Å². The van der Waals surface area contributed by atoms with Gasteiger partial charge in [-0.05, 0) is 19.3 Å². The Morgan fingerprint density at radius 1 is 1.56 bits per heavy atom. The summed E-state index contributed by atoms with van der Waals surface area (Å²) in [7, 11) is 0. The lowest BCUT2D eigenvalue weighted by molar-refractivity contribution is 0.0929. The lowest BCUT2D eigenvalue weighted by atomic mass is 10.2. The molecule has 100 valence electrons. The van der Waals surface area contributed by atoms with E-state index in [1.54, 1.807) is 11.3 Å². The molecule has 2 aliphatic rings. The minimum absolute atomic E-state index is 0.495. The van der Waals surface area contributed by atoms with Gasteiger partial charge in [-0.3, -0.25) is 0 Å². The molecule has 18 heavy (non-hydrogen) atoms. The Kier molecular flexibility index (Phi) is 3.82. The molecular formula is C13H21N3OS. The van der Waals surface area contributed by atoms with Crippen molar-refractivity contribution in [3.05, 3.63) is 11.1 Å². The zero-order chi connectivity index (χ0) is 12.4. The van der Waals surface area contributed by atoms with Gasteiger partial charge in [-0.1, -0.05) is 6.92 Å². The third-order valence-electron chi connectivity index (χ3n) is 3.63. The summed E-state index contributed by atoms with van der Waals surface area (Å²) < 4.78 is 5.54. The standard InChI is InChI=1S/C13H21N3OS/c1-2-12-8-17-6-5-16(12)13-15-11(9-18-13)7-14-10-3-4-10/h9-10,12,14H,2-8H2,1H3. The van der Waals surface area contributed by atoms with Crippen LogP contribution < -0.4 is 10.2 Å². The summed E-state index contributed by atoms with van der Waals surface area (Å²) in [5.41, 5.74) is 1.18. The van der Waals surface area contributed by atoms with Gasteiger partial charge in [0.2, 0.25) is 0 Å². The van der Waals surface area contributed by atoms with Gasteiger partial charge in [-0.15, -0.1) is 11.3 Å². The normalized spacial score (nSPS) is 24.5. The van der Waals surface area contributed by atoms with Crippen LogP contribution in [0, 0.1) is 0 Å². The third kappa shape index (κ3) is 2.84. The Balaban J connectivity index is 1.62. The van der Waals surface area contributed by atoms with Crippen LogP contribution in [0.1, 0.15) is 31.9 Å². The van der Waals surface area contributed by atoms with Gasteiger partial charge in [-0.2, -0.15) is 0 Å². The molecule has 1 unspecified atom stereocenters. The van der Waals surface area contributed by atoms with Crippen molar-refractivity contribution in [2.24, 2.45) is 0 Å². The zero-order valence-electron chi connectivity index (χ0n) is 10.9. The van der Waals surface area contributed by atoms with Gasteiger partial charge in [0.15, 0.2) is 5.13 Å². The minimum Gasteiger partial charge on any atom is -0.377 e. The van der Waals surface area contributed by atoms with Crippen molar-refractivity contribution in [2.75, 3.05) is 24.7 Å². The van der Waals surface area contributed by atoms with Gasteiger partial charge in [0, 0.05) is 24.5 Å². The first-order chi connectivity index (χ1) is 8.86. The van der Waals surface area contributed by atoms with E-state index in [1.165, 1.54) is 18.5 Å². The molecule has 0 bridgehead atoms. The molecule has 1 N–H and O–H groups in total. The minimum atomic E-state index is 0.495. The molecule has 1 saturated carbocycles. The van der Waals surface area contributed by atoms with E-state index in [1.807, 2.05) is 0 Å². The van der Waals surface area contributed by atoms with Crippen LogP contribution in [0.5, 0.6) is 0 Å². The maximum Gasteiger partial charge on any atom is 0.185 e. The second-order valence-corrected chi connectivity index (χ2v) is 5.94. The van der Waals surface area contributed by atoms with Crippen LogP contribution >= 0.6 is 11.3 Å². The summed E-state index contributed by atoms with van der Waals surface area (Å²) in [6.45, 7) is 5.77. The average Bonchev–Trinajstić information content (AvgIpc) is 3.13. The first-order valence-electron chi connectivity index (χ1n) is 6.89. The van der Waals surface area contributed by atoms with E-state index in [2.05, 4.69) is 22.5 Å². The van der Waals surface area contributed by atoms with E-state index in [4.69, 9.17) is 9.72 Å². The first kappa shape index (κ1) is 12.4. The van der Waals surface area contributed by atoms with Gasteiger partial charge in [0.05, 0.1) is 24.9 Å². The number of hydrogen-bond acceptors (Lipinski definition) is 5. The molecule has 1 atom stereocenters. The van der Waals surface area contributed by atoms with E-state index >= 15 is 0 Å². The number of rotatable bonds is 5. The molecule has 1 aliphatic heterocycles.